The minimum absolute atomic E-state index is 0.0327. The highest BCUT2D eigenvalue weighted by molar-refractivity contribution is 5.89. The van der Waals surface area contributed by atoms with Crippen molar-refractivity contribution in [1.82, 2.24) is 14.7 Å². The number of amides is 2. The van der Waals surface area contributed by atoms with Crippen LogP contribution in [0.25, 0.3) is 0 Å². The van der Waals surface area contributed by atoms with E-state index in [0.29, 0.717) is 19.7 Å². The van der Waals surface area contributed by atoms with Gasteiger partial charge in [-0.05, 0) is 19.4 Å². The fourth-order valence-electron chi connectivity index (χ4n) is 2.79. The number of nitrogens with zero attached hydrogens (tertiary/aromatic N) is 3. The third kappa shape index (κ3) is 4.14. The van der Waals surface area contributed by atoms with Crippen molar-refractivity contribution in [2.75, 3.05) is 25.0 Å². The van der Waals surface area contributed by atoms with Crippen molar-refractivity contribution in [3.8, 4) is 0 Å². The smallest absolute Gasteiger partial charge is 0.322 e. The van der Waals surface area contributed by atoms with E-state index in [1.54, 1.807) is 6.20 Å². The summed E-state index contributed by atoms with van der Waals surface area (Å²) in [4.78, 5) is 14.3. The number of anilines is 1. The molecule has 3 rings (SSSR count). The van der Waals surface area contributed by atoms with Crippen molar-refractivity contribution < 1.29 is 9.53 Å². The molecule has 1 atom stereocenters. The highest BCUT2D eigenvalue weighted by atomic mass is 16.5. The summed E-state index contributed by atoms with van der Waals surface area (Å²) in [5.74, 6) is 0. The molecule has 1 aromatic carbocycles. The molecule has 24 heavy (non-hydrogen) atoms. The molecule has 0 spiro atoms. The molecule has 0 aliphatic carbocycles. The van der Waals surface area contributed by atoms with Crippen LogP contribution in [0.2, 0.25) is 0 Å². The van der Waals surface area contributed by atoms with Gasteiger partial charge in [-0.15, -0.1) is 0 Å². The Bertz CT molecular complexity index is 669. The first kappa shape index (κ1) is 16.5. The van der Waals surface area contributed by atoms with Crippen LogP contribution in [0.5, 0.6) is 0 Å². The fourth-order valence-corrected chi connectivity index (χ4v) is 2.79. The normalized spacial score (nSPS) is 18.0. The summed E-state index contributed by atoms with van der Waals surface area (Å²) in [6.07, 6.45) is 4.38. The third-order valence-corrected chi connectivity index (χ3v) is 4.11. The van der Waals surface area contributed by atoms with Crippen LogP contribution in [-0.2, 0) is 11.2 Å². The van der Waals surface area contributed by atoms with Gasteiger partial charge in [-0.1, -0.05) is 30.3 Å². The van der Waals surface area contributed by atoms with Gasteiger partial charge in [-0.3, -0.25) is 4.68 Å². The van der Waals surface area contributed by atoms with Crippen molar-refractivity contribution in [3.63, 3.8) is 0 Å². The molecule has 6 heteroatoms. The van der Waals surface area contributed by atoms with E-state index in [1.165, 1.54) is 5.56 Å². The summed E-state index contributed by atoms with van der Waals surface area (Å²) in [5.41, 5.74) is 1.95. The van der Waals surface area contributed by atoms with Crippen LogP contribution in [0.1, 0.15) is 25.5 Å². The average Bonchev–Trinajstić information content (AvgIpc) is 3.05. The number of aromatic nitrogens is 2. The Hall–Kier alpha value is -2.34. The van der Waals surface area contributed by atoms with Crippen LogP contribution >= 0.6 is 0 Å². The average molecular weight is 328 g/mol. The van der Waals surface area contributed by atoms with Crippen LogP contribution in [0.4, 0.5) is 10.5 Å². The predicted molar refractivity (Wildman–Crippen MR) is 93.1 cm³/mol. The lowest BCUT2D eigenvalue weighted by Crippen LogP contribution is -2.48. The predicted octanol–water partition coefficient (Wildman–Crippen LogP) is 2.94. The molecule has 0 radical (unpaired) electrons. The molecule has 0 bridgehead atoms. The quantitative estimate of drug-likeness (QED) is 0.939. The number of benzene rings is 1. The van der Waals surface area contributed by atoms with Crippen molar-refractivity contribution in [2.24, 2.45) is 0 Å². The topological polar surface area (TPSA) is 59.4 Å². The summed E-state index contributed by atoms with van der Waals surface area (Å²) >= 11 is 0. The number of carbonyl (C=O) groups is 1. The van der Waals surface area contributed by atoms with Gasteiger partial charge in [0.15, 0.2) is 0 Å². The van der Waals surface area contributed by atoms with E-state index in [1.807, 2.05) is 34.0 Å². The zero-order valence-corrected chi connectivity index (χ0v) is 14.2. The van der Waals surface area contributed by atoms with Crippen molar-refractivity contribution in [3.05, 3.63) is 48.3 Å². The minimum atomic E-state index is -0.0975. The molecule has 2 heterocycles. The van der Waals surface area contributed by atoms with E-state index < -0.39 is 0 Å². The van der Waals surface area contributed by atoms with Gasteiger partial charge in [-0.25, -0.2) is 4.79 Å². The van der Waals surface area contributed by atoms with Gasteiger partial charge < -0.3 is 15.0 Å². The molecule has 1 unspecified atom stereocenters. The highest BCUT2D eigenvalue weighted by Gasteiger charge is 2.24. The number of rotatable bonds is 4. The SMILES string of the molecule is CC(C)n1cc(NC(=O)N2CCOC(Cc3ccccc3)C2)cn1. The Labute approximate surface area is 142 Å². The van der Waals surface area contributed by atoms with Crippen LogP contribution in [-0.4, -0.2) is 46.5 Å². The van der Waals surface area contributed by atoms with E-state index >= 15 is 0 Å². The Morgan fingerprint density at radius 1 is 1.38 bits per heavy atom. The lowest BCUT2D eigenvalue weighted by molar-refractivity contribution is -0.0113. The van der Waals surface area contributed by atoms with E-state index in [-0.39, 0.29) is 18.2 Å². The van der Waals surface area contributed by atoms with Crippen LogP contribution in [0.3, 0.4) is 0 Å². The third-order valence-electron chi connectivity index (χ3n) is 4.11. The molecular formula is C18H24N4O2. The summed E-state index contributed by atoms with van der Waals surface area (Å²) in [5, 5.41) is 7.16. The van der Waals surface area contributed by atoms with Gasteiger partial charge in [0.05, 0.1) is 24.6 Å². The summed E-state index contributed by atoms with van der Waals surface area (Å²) in [7, 11) is 0. The maximum atomic E-state index is 12.5. The molecule has 1 N–H and O–H groups in total. The number of nitrogens with one attached hydrogen (secondary N) is 1. The molecule has 2 amide bonds. The Morgan fingerprint density at radius 2 is 2.17 bits per heavy atom. The monoisotopic (exact) mass is 328 g/mol. The van der Waals surface area contributed by atoms with Crippen molar-refractivity contribution >= 4 is 11.7 Å². The molecule has 0 saturated carbocycles. The first-order chi connectivity index (χ1) is 11.6. The minimum Gasteiger partial charge on any atom is -0.374 e. The molecule has 6 nitrogen and oxygen atoms in total. The number of morpholine rings is 1. The maximum Gasteiger partial charge on any atom is 0.322 e. The summed E-state index contributed by atoms with van der Waals surface area (Å²) in [6.45, 7) is 5.87. The highest BCUT2D eigenvalue weighted by Crippen LogP contribution is 2.14. The summed E-state index contributed by atoms with van der Waals surface area (Å²) < 4.78 is 7.64. The molecule has 1 aromatic heterocycles. The molecule has 128 valence electrons. The van der Waals surface area contributed by atoms with Gasteiger partial charge in [0.25, 0.3) is 0 Å². The lowest BCUT2D eigenvalue weighted by Gasteiger charge is -2.33. The maximum absolute atomic E-state index is 12.5. The first-order valence-corrected chi connectivity index (χ1v) is 8.37. The zero-order valence-electron chi connectivity index (χ0n) is 14.2. The van der Waals surface area contributed by atoms with Crippen LogP contribution in [0, 0.1) is 0 Å². The first-order valence-electron chi connectivity index (χ1n) is 8.37. The van der Waals surface area contributed by atoms with Crippen LogP contribution < -0.4 is 5.32 Å². The Morgan fingerprint density at radius 3 is 2.88 bits per heavy atom. The van der Waals surface area contributed by atoms with Crippen molar-refractivity contribution in [1.29, 1.82) is 0 Å². The number of hydrogen-bond acceptors (Lipinski definition) is 3. The van der Waals surface area contributed by atoms with Gasteiger partial charge in [-0.2, -0.15) is 5.10 Å². The number of carbonyl (C=O) groups excluding carboxylic acids is 1. The number of hydrogen-bond donors (Lipinski definition) is 1. The van der Waals surface area contributed by atoms with Gasteiger partial charge >= 0.3 is 6.03 Å². The molecule has 1 fully saturated rings. The molecule has 1 aliphatic heterocycles. The number of urea groups is 1. The second kappa shape index (κ2) is 7.49. The molecule has 1 aliphatic rings. The fraction of sp³-hybridized carbons (Fsp3) is 0.444. The van der Waals surface area contributed by atoms with E-state index in [9.17, 15) is 4.79 Å². The number of ether oxygens (including phenoxy) is 1. The van der Waals surface area contributed by atoms with E-state index in [2.05, 4.69) is 36.4 Å². The van der Waals surface area contributed by atoms with Gasteiger partial charge in [0.1, 0.15) is 0 Å². The largest absolute Gasteiger partial charge is 0.374 e. The lowest BCUT2D eigenvalue weighted by atomic mass is 10.1. The zero-order chi connectivity index (χ0) is 16.9. The molecular weight excluding hydrogens is 304 g/mol. The second-order valence-electron chi connectivity index (χ2n) is 6.36. The summed E-state index contributed by atoms with van der Waals surface area (Å²) in [6, 6.07) is 10.4. The van der Waals surface area contributed by atoms with Crippen molar-refractivity contribution in [2.45, 2.75) is 32.4 Å². The molecule has 2 aromatic rings. The van der Waals surface area contributed by atoms with E-state index in [0.717, 1.165) is 12.1 Å². The Balaban J connectivity index is 1.56. The van der Waals surface area contributed by atoms with Crippen LogP contribution in [0.15, 0.2) is 42.7 Å². The molecule has 1 saturated heterocycles. The van der Waals surface area contributed by atoms with E-state index in [4.69, 9.17) is 4.74 Å². The van der Waals surface area contributed by atoms with Gasteiger partial charge in [0, 0.05) is 31.7 Å². The second-order valence-corrected chi connectivity index (χ2v) is 6.36. The standard InChI is InChI=1S/C18H24N4O2/c1-14(2)22-12-16(11-19-22)20-18(23)21-8-9-24-17(13-21)10-15-6-4-3-5-7-15/h3-7,11-12,14,17H,8-10,13H2,1-2H3,(H,20,23). The van der Waals surface area contributed by atoms with Gasteiger partial charge in [0.2, 0.25) is 0 Å². The Kier molecular flexibility index (Phi) is 5.15.